The van der Waals surface area contributed by atoms with Gasteiger partial charge in [0, 0.05) is 24.9 Å². The summed E-state index contributed by atoms with van der Waals surface area (Å²) >= 11 is 0. The third kappa shape index (κ3) is 6.58. The standard InChI is InChI=1S/C33H43FN4O7S/c1-36(2)27-12-7-5-3-4-6-10-22-16-33(22,31(41)35-46(43,44)24-13-14-24)17-29(39)28-15-23(19-38(28)30(27)40)45-32(42)37-18-21-9-8-11-26(34)25(21)20-37/h6,8-11,22-24,27-28H,3-5,7,12-20H2,1-2H3,(H,35,41)/b10-6-/t22-,23-,27+,28+,33-/m1/s1. The lowest BCUT2D eigenvalue weighted by Gasteiger charge is -2.31. The number of rotatable bonds is 5. The normalized spacial score (nSPS) is 31.0. The molecule has 5 atom stereocenters. The van der Waals surface area contributed by atoms with E-state index in [1.54, 1.807) is 12.1 Å². The third-order valence-electron chi connectivity index (χ3n) is 10.3. The summed E-state index contributed by atoms with van der Waals surface area (Å²) in [5, 5.41) is -0.584. The van der Waals surface area contributed by atoms with Gasteiger partial charge in [0.2, 0.25) is 21.8 Å². The molecule has 0 bridgehead atoms. The van der Waals surface area contributed by atoms with E-state index < -0.39 is 50.9 Å². The van der Waals surface area contributed by atoms with Gasteiger partial charge in [-0.15, -0.1) is 0 Å². The lowest BCUT2D eigenvalue weighted by atomic mass is 9.91. The lowest BCUT2D eigenvalue weighted by molar-refractivity contribution is -0.142. The first kappa shape index (κ1) is 32.6. The smallest absolute Gasteiger partial charge is 0.410 e. The summed E-state index contributed by atoms with van der Waals surface area (Å²) in [5.41, 5.74) is -0.0699. The number of fused-ring (bicyclic) bond motifs is 3. The van der Waals surface area contributed by atoms with Gasteiger partial charge in [-0.1, -0.05) is 37.1 Å². The van der Waals surface area contributed by atoms with Gasteiger partial charge in [0.1, 0.15) is 11.9 Å². The molecule has 3 fully saturated rings. The fourth-order valence-electron chi connectivity index (χ4n) is 7.24. The van der Waals surface area contributed by atoms with Crippen molar-refractivity contribution in [1.29, 1.82) is 0 Å². The molecular formula is C33H43FN4O7S. The maximum absolute atomic E-state index is 14.3. The third-order valence-corrected chi connectivity index (χ3v) is 12.1. The fourth-order valence-corrected chi connectivity index (χ4v) is 8.63. The van der Waals surface area contributed by atoms with E-state index in [0.717, 1.165) is 25.7 Å². The minimum Gasteiger partial charge on any atom is -0.444 e. The van der Waals surface area contributed by atoms with Gasteiger partial charge in [-0.3, -0.25) is 28.9 Å². The minimum absolute atomic E-state index is 0.0130. The number of carbonyl (C=O) groups excluding carboxylic acids is 4. The zero-order valence-corrected chi connectivity index (χ0v) is 27.3. The van der Waals surface area contributed by atoms with E-state index in [0.29, 0.717) is 36.8 Å². The van der Waals surface area contributed by atoms with E-state index in [9.17, 15) is 32.0 Å². The van der Waals surface area contributed by atoms with Crippen LogP contribution in [0.4, 0.5) is 9.18 Å². The number of hydrogen-bond donors (Lipinski definition) is 1. The summed E-state index contributed by atoms with van der Waals surface area (Å²) in [5.74, 6) is -1.95. The van der Waals surface area contributed by atoms with E-state index in [-0.39, 0.29) is 55.9 Å². The Hall–Kier alpha value is -3.32. The first-order chi connectivity index (χ1) is 21.9. The Labute approximate surface area is 269 Å². The Kier molecular flexibility index (Phi) is 9.01. The number of likely N-dealkylation sites (N-methyl/N-ethyl adjacent to an activating group) is 1. The van der Waals surface area contributed by atoms with Crippen molar-refractivity contribution in [3.05, 3.63) is 47.3 Å². The molecule has 46 heavy (non-hydrogen) atoms. The monoisotopic (exact) mass is 658 g/mol. The zero-order chi connectivity index (χ0) is 32.8. The molecule has 1 aromatic carbocycles. The quantitative estimate of drug-likeness (QED) is 0.477. The first-order valence-electron chi connectivity index (χ1n) is 16.3. The highest BCUT2D eigenvalue weighted by molar-refractivity contribution is 7.90. The van der Waals surface area contributed by atoms with Gasteiger partial charge in [-0.2, -0.15) is 0 Å². The average Bonchev–Trinajstić information content (AvgIpc) is 3.88. The molecule has 6 rings (SSSR count). The van der Waals surface area contributed by atoms with Crippen LogP contribution in [0.5, 0.6) is 0 Å². The summed E-state index contributed by atoms with van der Waals surface area (Å²) in [4.78, 5) is 59.7. The molecule has 0 spiro atoms. The van der Waals surface area contributed by atoms with Crippen LogP contribution in [0.1, 0.15) is 75.3 Å². The maximum atomic E-state index is 14.3. The fraction of sp³-hybridized carbons (Fsp3) is 0.636. The Bertz CT molecular complexity index is 1540. The molecule has 3 heterocycles. The number of sulfonamides is 1. The van der Waals surface area contributed by atoms with Crippen LogP contribution in [0.25, 0.3) is 0 Å². The van der Waals surface area contributed by atoms with Gasteiger partial charge in [0.25, 0.3) is 0 Å². The number of benzene rings is 1. The Morgan fingerprint density at radius 2 is 1.87 bits per heavy atom. The molecule has 0 unspecified atom stereocenters. The van der Waals surface area contributed by atoms with E-state index in [2.05, 4.69) is 4.72 Å². The van der Waals surface area contributed by atoms with Gasteiger partial charge >= 0.3 is 6.09 Å². The highest BCUT2D eigenvalue weighted by Crippen LogP contribution is 2.57. The summed E-state index contributed by atoms with van der Waals surface area (Å²) in [7, 11) is -0.173. The molecule has 1 aromatic rings. The second kappa shape index (κ2) is 12.7. The van der Waals surface area contributed by atoms with Crippen LogP contribution in [0.2, 0.25) is 0 Å². The van der Waals surface area contributed by atoms with E-state index in [4.69, 9.17) is 4.74 Å². The molecular weight excluding hydrogens is 615 g/mol. The molecule has 0 radical (unpaired) electrons. The number of ether oxygens (including phenoxy) is 1. The minimum atomic E-state index is -3.82. The van der Waals surface area contributed by atoms with E-state index in [1.807, 2.05) is 31.1 Å². The van der Waals surface area contributed by atoms with Gasteiger partial charge in [0.15, 0.2) is 5.78 Å². The van der Waals surface area contributed by atoms with Crippen molar-refractivity contribution >= 4 is 33.7 Å². The van der Waals surface area contributed by atoms with Crippen molar-refractivity contribution in [1.82, 2.24) is 19.4 Å². The average molecular weight is 659 g/mol. The van der Waals surface area contributed by atoms with E-state index in [1.165, 1.54) is 15.9 Å². The van der Waals surface area contributed by atoms with Crippen LogP contribution in [0.3, 0.4) is 0 Å². The summed E-state index contributed by atoms with van der Waals surface area (Å²) in [6, 6.07) is 3.28. The van der Waals surface area contributed by atoms with Crippen molar-refractivity contribution in [2.75, 3.05) is 20.6 Å². The van der Waals surface area contributed by atoms with Crippen LogP contribution in [0.15, 0.2) is 30.4 Å². The van der Waals surface area contributed by atoms with Crippen molar-refractivity contribution in [2.24, 2.45) is 11.3 Å². The van der Waals surface area contributed by atoms with Gasteiger partial charge in [0.05, 0.1) is 35.8 Å². The molecule has 1 N–H and O–H groups in total. The number of ketones is 1. The molecule has 3 amide bonds. The molecule has 13 heteroatoms. The second-order valence-corrected chi connectivity index (χ2v) is 15.8. The molecule has 2 aliphatic carbocycles. The molecule has 1 saturated heterocycles. The Balaban J connectivity index is 1.23. The molecule has 250 valence electrons. The van der Waals surface area contributed by atoms with Gasteiger partial charge < -0.3 is 9.64 Å². The number of amides is 3. The van der Waals surface area contributed by atoms with Crippen LogP contribution < -0.4 is 4.72 Å². The SMILES string of the molecule is CN(C)[C@H]1CCCCC/C=C\[C@@H]2C[C@@]2(C(=O)NS(=O)(=O)C2CC2)CC(=O)[C@@H]2C[C@@H](OC(=O)N3Cc4cccc(F)c4C3)CN2C1=O. The number of carbonyl (C=O) groups is 4. The van der Waals surface area contributed by atoms with Crippen molar-refractivity contribution in [3.63, 3.8) is 0 Å². The van der Waals surface area contributed by atoms with Crippen LogP contribution in [-0.2, 0) is 42.2 Å². The maximum Gasteiger partial charge on any atom is 0.410 e. The lowest BCUT2D eigenvalue weighted by Crippen LogP contribution is -2.51. The summed E-state index contributed by atoms with van der Waals surface area (Å²) < 4.78 is 47.8. The first-order valence-corrected chi connectivity index (χ1v) is 17.9. The highest BCUT2D eigenvalue weighted by Gasteiger charge is 2.61. The van der Waals surface area contributed by atoms with E-state index >= 15 is 0 Å². The number of Topliss-reactive ketones (excluding diaryl/α,β-unsaturated/α-hetero) is 1. The number of nitrogens with zero attached hydrogens (tertiary/aromatic N) is 3. The zero-order valence-electron chi connectivity index (χ0n) is 26.5. The van der Waals surface area contributed by atoms with Crippen molar-refractivity contribution in [3.8, 4) is 0 Å². The van der Waals surface area contributed by atoms with Crippen molar-refractivity contribution < 1.29 is 36.7 Å². The van der Waals surface area contributed by atoms with Gasteiger partial charge in [-0.25, -0.2) is 17.6 Å². The number of allylic oxidation sites excluding steroid dienone is 2. The second-order valence-electron chi connectivity index (χ2n) is 13.8. The molecule has 2 saturated carbocycles. The van der Waals surface area contributed by atoms with Crippen LogP contribution in [-0.4, -0.2) is 90.9 Å². The van der Waals surface area contributed by atoms with Crippen LogP contribution in [0, 0.1) is 17.2 Å². The number of halogens is 1. The molecule has 0 aromatic heterocycles. The number of hydrogen-bond acceptors (Lipinski definition) is 8. The van der Waals surface area contributed by atoms with Crippen molar-refractivity contribution in [2.45, 2.75) is 101 Å². The molecule has 3 aliphatic heterocycles. The topological polar surface area (TPSA) is 133 Å². The predicted octanol–water partition coefficient (Wildman–Crippen LogP) is 3.27. The summed E-state index contributed by atoms with van der Waals surface area (Å²) in [6.07, 6.45) is 7.69. The predicted molar refractivity (Wildman–Crippen MR) is 166 cm³/mol. The van der Waals surface area contributed by atoms with Crippen LogP contribution >= 0.6 is 0 Å². The Morgan fingerprint density at radius 3 is 2.59 bits per heavy atom. The molecule has 5 aliphatic rings. The summed E-state index contributed by atoms with van der Waals surface area (Å²) in [6.45, 7) is 0.277. The molecule has 11 nitrogen and oxygen atoms in total. The number of nitrogens with one attached hydrogen (secondary N) is 1. The van der Waals surface area contributed by atoms with Gasteiger partial charge in [-0.05, 0) is 70.2 Å². The highest BCUT2D eigenvalue weighted by atomic mass is 32.2. The Morgan fingerprint density at radius 1 is 1.09 bits per heavy atom. The largest absolute Gasteiger partial charge is 0.444 e.